The Balaban J connectivity index is 2.54. The average molecular weight is 192 g/mol. The van der Waals surface area contributed by atoms with Gasteiger partial charge in [0.25, 0.3) is 0 Å². The Morgan fingerprint density at radius 3 is 2.86 bits per heavy atom. The Bertz CT molecular complexity index is 449. The lowest BCUT2D eigenvalue weighted by molar-refractivity contribution is 0.271. The summed E-state index contributed by atoms with van der Waals surface area (Å²) in [6, 6.07) is 0. The van der Waals surface area contributed by atoms with Crippen LogP contribution in [-0.2, 0) is 6.61 Å². The standard InChI is InChI=1S/C9H12N4O/c1-5(2)8-11-6-3-10-7(4-14)12-9(6)13-8/h3,5,14H,4H2,1-2H3,(H,10,11,12,13). The second-order valence-corrected chi connectivity index (χ2v) is 3.46. The third kappa shape index (κ3) is 1.46. The van der Waals surface area contributed by atoms with Crippen LogP contribution in [0.15, 0.2) is 6.20 Å². The smallest absolute Gasteiger partial charge is 0.181 e. The molecule has 0 fully saturated rings. The van der Waals surface area contributed by atoms with Crippen molar-refractivity contribution in [2.24, 2.45) is 0 Å². The van der Waals surface area contributed by atoms with Crippen LogP contribution in [0.2, 0.25) is 0 Å². The number of rotatable bonds is 2. The molecule has 0 amide bonds. The molecule has 0 atom stereocenters. The minimum absolute atomic E-state index is 0.153. The van der Waals surface area contributed by atoms with Gasteiger partial charge in [0.2, 0.25) is 0 Å². The first kappa shape index (κ1) is 9.08. The van der Waals surface area contributed by atoms with Crippen molar-refractivity contribution in [1.82, 2.24) is 19.9 Å². The quantitative estimate of drug-likeness (QED) is 0.743. The van der Waals surface area contributed by atoms with E-state index in [9.17, 15) is 0 Å². The topological polar surface area (TPSA) is 74.7 Å². The number of imidazole rings is 1. The molecule has 0 aliphatic rings. The van der Waals surface area contributed by atoms with Gasteiger partial charge in [-0.05, 0) is 0 Å². The molecule has 0 aliphatic heterocycles. The molecule has 5 nitrogen and oxygen atoms in total. The van der Waals surface area contributed by atoms with E-state index in [4.69, 9.17) is 5.11 Å². The molecule has 0 saturated heterocycles. The molecule has 0 aliphatic carbocycles. The van der Waals surface area contributed by atoms with Crippen molar-refractivity contribution in [2.45, 2.75) is 26.4 Å². The lowest BCUT2D eigenvalue weighted by Gasteiger charge is -1.95. The highest BCUT2D eigenvalue weighted by Crippen LogP contribution is 2.14. The fourth-order valence-corrected chi connectivity index (χ4v) is 1.21. The van der Waals surface area contributed by atoms with Crippen molar-refractivity contribution < 1.29 is 5.11 Å². The first-order valence-corrected chi connectivity index (χ1v) is 4.53. The van der Waals surface area contributed by atoms with Crippen molar-refractivity contribution in [1.29, 1.82) is 0 Å². The maximum Gasteiger partial charge on any atom is 0.181 e. The summed E-state index contributed by atoms with van der Waals surface area (Å²) in [5.41, 5.74) is 1.43. The van der Waals surface area contributed by atoms with E-state index < -0.39 is 0 Å². The van der Waals surface area contributed by atoms with E-state index in [-0.39, 0.29) is 6.61 Å². The Morgan fingerprint density at radius 1 is 1.43 bits per heavy atom. The average Bonchev–Trinajstić information content (AvgIpc) is 2.59. The molecule has 2 aromatic heterocycles. The minimum atomic E-state index is -0.153. The first-order valence-electron chi connectivity index (χ1n) is 4.53. The largest absolute Gasteiger partial charge is 0.388 e. The number of aromatic amines is 1. The summed E-state index contributed by atoms with van der Waals surface area (Å²) in [5.74, 6) is 1.63. The van der Waals surface area contributed by atoms with E-state index in [1.54, 1.807) is 6.20 Å². The molecule has 14 heavy (non-hydrogen) atoms. The number of hydrogen-bond donors (Lipinski definition) is 2. The summed E-state index contributed by atoms with van der Waals surface area (Å²) < 4.78 is 0. The number of aromatic nitrogens is 4. The fraction of sp³-hybridized carbons (Fsp3) is 0.444. The molecule has 2 heterocycles. The van der Waals surface area contributed by atoms with Crippen LogP contribution < -0.4 is 0 Å². The van der Waals surface area contributed by atoms with Gasteiger partial charge in [-0.2, -0.15) is 0 Å². The number of nitrogens with zero attached hydrogens (tertiary/aromatic N) is 3. The molecule has 5 heteroatoms. The minimum Gasteiger partial charge on any atom is -0.388 e. The molecule has 2 N–H and O–H groups in total. The Hall–Kier alpha value is -1.49. The highest BCUT2D eigenvalue weighted by molar-refractivity contribution is 5.69. The van der Waals surface area contributed by atoms with Gasteiger partial charge >= 0.3 is 0 Å². The Kier molecular flexibility index (Phi) is 2.17. The summed E-state index contributed by atoms with van der Waals surface area (Å²) in [5, 5.41) is 8.85. The van der Waals surface area contributed by atoms with Gasteiger partial charge in [0.05, 0.1) is 6.20 Å². The number of H-pyrrole nitrogens is 1. The molecular weight excluding hydrogens is 180 g/mol. The second kappa shape index (κ2) is 3.34. The zero-order valence-electron chi connectivity index (χ0n) is 8.15. The number of aliphatic hydroxyl groups excluding tert-OH is 1. The van der Waals surface area contributed by atoms with E-state index in [0.717, 1.165) is 11.3 Å². The highest BCUT2D eigenvalue weighted by Gasteiger charge is 2.07. The van der Waals surface area contributed by atoms with Crippen molar-refractivity contribution in [3.05, 3.63) is 17.8 Å². The van der Waals surface area contributed by atoms with E-state index in [1.807, 2.05) is 0 Å². The van der Waals surface area contributed by atoms with Crippen molar-refractivity contribution in [2.75, 3.05) is 0 Å². The molecule has 74 valence electrons. The van der Waals surface area contributed by atoms with Gasteiger partial charge in [-0.15, -0.1) is 0 Å². The van der Waals surface area contributed by atoms with Gasteiger partial charge < -0.3 is 10.1 Å². The first-order chi connectivity index (χ1) is 6.70. The number of nitrogens with one attached hydrogen (secondary N) is 1. The van der Waals surface area contributed by atoms with Gasteiger partial charge in [0.15, 0.2) is 11.5 Å². The lowest BCUT2D eigenvalue weighted by atomic mass is 10.2. The van der Waals surface area contributed by atoms with Crippen molar-refractivity contribution >= 4 is 11.2 Å². The van der Waals surface area contributed by atoms with Gasteiger partial charge in [0.1, 0.15) is 17.9 Å². The molecule has 2 aromatic rings. The van der Waals surface area contributed by atoms with E-state index >= 15 is 0 Å². The molecule has 0 aromatic carbocycles. The SMILES string of the molecule is CC(C)c1nc2nc(CO)ncc2[nH]1. The van der Waals surface area contributed by atoms with Crippen LogP contribution >= 0.6 is 0 Å². The van der Waals surface area contributed by atoms with Gasteiger partial charge in [-0.1, -0.05) is 13.8 Å². The predicted octanol–water partition coefficient (Wildman–Crippen LogP) is 0.969. The van der Waals surface area contributed by atoms with E-state index in [1.165, 1.54) is 0 Å². The lowest BCUT2D eigenvalue weighted by Crippen LogP contribution is -1.93. The van der Waals surface area contributed by atoms with Crippen LogP contribution in [0.1, 0.15) is 31.4 Å². The van der Waals surface area contributed by atoms with Gasteiger partial charge in [-0.3, -0.25) is 0 Å². The number of hydrogen-bond acceptors (Lipinski definition) is 4. The monoisotopic (exact) mass is 192 g/mol. The summed E-state index contributed by atoms with van der Waals surface area (Å²) in [7, 11) is 0. The number of aliphatic hydroxyl groups is 1. The third-order valence-electron chi connectivity index (χ3n) is 2.00. The van der Waals surface area contributed by atoms with Crippen LogP contribution in [-0.4, -0.2) is 25.0 Å². The van der Waals surface area contributed by atoms with Crippen LogP contribution in [0.3, 0.4) is 0 Å². The highest BCUT2D eigenvalue weighted by atomic mass is 16.3. The molecule has 0 radical (unpaired) electrons. The maximum absolute atomic E-state index is 8.85. The summed E-state index contributed by atoms with van der Waals surface area (Å²) in [6.45, 7) is 3.95. The zero-order valence-corrected chi connectivity index (χ0v) is 8.15. The molecule has 0 spiro atoms. The van der Waals surface area contributed by atoms with E-state index in [2.05, 4.69) is 33.8 Å². The Morgan fingerprint density at radius 2 is 2.21 bits per heavy atom. The zero-order chi connectivity index (χ0) is 10.1. The molecular formula is C9H12N4O. The Labute approximate surface area is 81.2 Å². The summed E-state index contributed by atoms with van der Waals surface area (Å²) >= 11 is 0. The van der Waals surface area contributed by atoms with Gasteiger partial charge in [-0.25, -0.2) is 15.0 Å². The van der Waals surface area contributed by atoms with Crippen LogP contribution in [0.4, 0.5) is 0 Å². The van der Waals surface area contributed by atoms with Crippen LogP contribution in [0.25, 0.3) is 11.2 Å². The molecule has 0 saturated carbocycles. The molecule has 2 rings (SSSR count). The molecule has 0 unspecified atom stereocenters. The van der Waals surface area contributed by atoms with Crippen LogP contribution in [0.5, 0.6) is 0 Å². The van der Waals surface area contributed by atoms with E-state index in [0.29, 0.717) is 17.4 Å². The maximum atomic E-state index is 8.85. The second-order valence-electron chi connectivity index (χ2n) is 3.46. The van der Waals surface area contributed by atoms with Crippen molar-refractivity contribution in [3.63, 3.8) is 0 Å². The molecule has 0 bridgehead atoms. The van der Waals surface area contributed by atoms with Gasteiger partial charge in [0, 0.05) is 5.92 Å². The van der Waals surface area contributed by atoms with Crippen molar-refractivity contribution in [3.8, 4) is 0 Å². The van der Waals surface area contributed by atoms with Crippen LogP contribution in [0, 0.1) is 0 Å². The fourth-order valence-electron chi connectivity index (χ4n) is 1.21. The predicted molar refractivity (Wildman–Crippen MR) is 51.7 cm³/mol. The summed E-state index contributed by atoms with van der Waals surface area (Å²) in [6.07, 6.45) is 1.65. The number of fused-ring (bicyclic) bond motifs is 1. The summed E-state index contributed by atoms with van der Waals surface area (Å²) in [4.78, 5) is 15.5. The normalized spacial score (nSPS) is 11.4. The third-order valence-corrected chi connectivity index (χ3v) is 2.00.